The summed E-state index contributed by atoms with van der Waals surface area (Å²) in [7, 11) is 0. The number of benzene rings is 1. The van der Waals surface area contributed by atoms with Crippen LogP contribution in [0.2, 0.25) is 0 Å². The van der Waals surface area contributed by atoms with Crippen LogP contribution in [0.1, 0.15) is 29.9 Å². The summed E-state index contributed by atoms with van der Waals surface area (Å²) in [6, 6.07) is 8.31. The van der Waals surface area contributed by atoms with Gasteiger partial charge >= 0.3 is 0 Å². The summed E-state index contributed by atoms with van der Waals surface area (Å²) in [4.78, 5) is 12.1. The fraction of sp³-hybridized carbons (Fsp3) is 0.500. The second-order valence-electron chi connectivity index (χ2n) is 4.43. The molecule has 0 radical (unpaired) electrons. The van der Waals surface area contributed by atoms with Crippen molar-refractivity contribution >= 4 is 17.7 Å². The molecule has 3 heteroatoms. The Bertz CT molecular complexity index is 392. The van der Waals surface area contributed by atoms with Crippen molar-refractivity contribution in [1.82, 2.24) is 5.32 Å². The second kappa shape index (κ2) is 6.10. The van der Waals surface area contributed by atoms with Gasteiger partial charge in [0.2, 0.25) is 5.91 Å². The second-order valence-corrected chi connectivity index (χ2v) is 5.41. The van der Waals surface area contributed by atoms with Gasteiger partial charge in [-0.2, -0.15) is 11.8 Å². The van der Waals surface area contributed by atoms with E-state index in [1.807, 2.05) is 17.8 Å². The zero-order chi connectivity index (χ0) is 12.1. The summed E-state index contributed by atoms with van der Waals surface area (Å²) in [5, 5.41) is 3.05. The molecule has 1 aromatic carbocycles. The van der Waals surface area contributed by atoms with Crippen LogP contribution in [0.3, 0.4) is 0 Å². The van der Waals surface area contributed by atoms with Crippen LogP contribution >= 0.6 is 11.8 Å². The van der Waals surface area contributed by atoms with E-state index in [1.165, 1.54) is 11.1 Å². The lowest BCUT2D eigenvalue weighted by atomic mass is 10.0. The molecule has 2 nitrogen and oxygen atoms in total. The highest BCUT2D eigenvalue weighted by atomic mass is 32.2. The van der Waals surface area contributed by atoms with Crippen LogP contribution in [0.5, 0.6) is 0 Å². The number of rotatable bonds is 5. The molecule has 92 valence electrons. The van der Waals surface area contributed by atoms with E-state index in [4.69, 9.17) is 0 Å². The highest BCUT2D eigenvalue weighted by Crippen LogP contribution is 2.32. The molecular formula is C14H19NOS. The molecule has 1 N–H and O–H groups in total. The van der Waals surface area contributed by atoms with Crippen LogP contribution in [0.25, 0.3) is 0 Å². The molecule has 0 aromatic heterocycles. The third-order valence-corrected chi connectivity index (χ3v) is 3.97. The predicted octanol–water partition coefficient (Wildman–Crippen LogP) is 2.59. The van der Waals surface area contributed by atoms with Crippen molar-refractivity contribution in [2.24, 2.45) is 0 Å². The molecular weight excluding hydrogens is 230 g/mol. The SMILES string of the molecule is CSCCCNC(=O)[C@H]1CCc2ccccc21. The van der Waals surface area contributed by atoms with E-state index in [0.29, 0.717) is 0 Å². The van der Waals surface area contributed by atoms with Crippen LogP contribution in [0.4, 0.5) is 0 Å². The number of nitrogens with one attached hydrogen (secondary N) is 1. The van der Waals surface area contributed by atoms with Crippen LogP contribution < -0.4 is 5.32 Å². The summed E-state index contributed by atoms with van der Waals surface area (Å²) in [5.41, 5.74) is 2.58. The van der Waals surface area contributed by atoms with E-state index >= 15 is 0 Å². The number of amides is 1. The van der Waals surface area contributed by atoms with Gasteiger partial charge in [0.05, 0.1) is 5.92 Å². The molecule has 0 fully saturated rings. The predicted molar refractivity (Wildman–Crippen MR) is 73.5 cm³/mol. The van der Waals surface area contributed by atoms with Gasteiger partial charge in [0, 0.05) is 6.54 Å². The van der Waals surface area contributed by atoms with E-state index in [0.717, 1.165) is 31.6 Å². The van der Waals surface area contributed by atoms with Gasteiger partial charge in [-0.25, -0.2) is 0 Å². The van der Waals surface area contributed by atoms with E-state index in [-0.39, 0.29) is 11.8 Å². The molecule has 0 unspecified atom stereocenters. The van der Waals surface area contributed by atoms with Gasteiger partial charge in [0.25, 0.3) is 0 Å². The van der Waals surface area contributed by atoms with E-state index in [9.17, 15) is 4.79 Å². The van der Waals surface area contributed by atoms with Gasteiger partial charge in [-0.1, -0.05) is 24.3 Å². The van der Waals surface area contributed by atoms with E-state index in [1.54, 1.807) is 0 Å². The lowest BCUT2D eigenvalue weighted by Gasteiger charge is -2.11. The highest BCUT2D eigenvalue weighted by molar-refractivity contribution is 7.98. The summed E-state index contributed by atoms with van der Waals surface area (Å²) >= 11 is 1.82. The molecule has 1 aromatic rings. The molecule has 1 atom stereocenters. The average molecular weight is 249 g/mol. The van der Waals surface area contributed by atoms with Gasteiger partial charge in [0.1, 0.15) is 0 Å². The normalized spacial score (nSPS) is 17.8. The quantitative estimate of drug-likeness (QED) is 0.813. The van der Waals surface area contributed by atoms with Crippen molar-refractivity contribution in [2.75, 3.05) is 18.6 Å². The number of fused-ring (bicyclic) bond motifs is 1. The minimum Gasteiger partial charge on any atom is -0.356 e. The summed E-state index contributed by atoms with van der Waals surface area (Å²) in [6.07, 6.45) is 5.16. The van der Waals surface area contributed by atoms with Crippen LogP contribution in [0.15, 0.2) is 24.3 Å². The van der Waals surface area contributed by atoms with Gasteiger partial charge < -0.3 is 5.32 Å². The number of carbonyl (C=O) groups is 1. The maximum atomic E-state index is 12.1. The largest absolute Gasteiger partial charge is 0.356 e. The maximum absolute atomic E-state index is 12.1. The Hall–Kier alpha value is -0.960. The Morgan fingerprint density at radius 1 is 1.47 bits per heavy atom. The van der Waals surface area contributed by atoms with E-state index < -0.39 is 0 Å². The fourth-order valence-electron chi connectivity index (χ4n) is 2.38. The monoisotopic (exact) mass is 249 g/mol. The van der Waals surface area contributed by atoms with E-state index in [2.05, 4.69) is 29.8 Å². The molecule has 1 aliphatic carbocycles. The number of carbonyl (C=O) groups excluding carboxylic acids is 1. The molecule has 1 aliphatic rings. The third-order valence-electron chi connectivity index (χ3n) is 3.27. The van der Waals surface area contributed by atoms with Crippen molar-refractivity contribution in [3.63, 3.8) is 0 Å². The first-order chi connectivity index (χ1) is 8.33. The first-order valence-corrected chi connectivity index (χ1v) is 7.56. The molecule has 17 heavy (non-hydrogen) atoms. The van der Waals surface area contributed by atoms with Gasteiger partial charge in [-0.3, -0.25) is 4.79 Å². The molecule has 0 heterocycles. The first kappa shape index (κ1) is 12.5. The standard InChI is InChI=1S/C14H19NOS/c1-17-10-4-9-15-14(16)13-8-7-11-5-2-3-6-12(11)13/h2-3,5-6,13H,4,7-10H2,1H3,(H,15,16)/t13-/m0/s1. The van der Waals surface area contributed by atoms with Crippen molar-refractivity contribution in [1.29, 1.82) is 0 Å². The Morgan fingerprint density at radius 3 is 3.12 bits per heavy atom. The van der Waals surface area contributed by atoms with Crippen LogP contribution in [-0.4, -0.2) is 24.5 Å². The Balaban J connectivity index is 1.89. The average Bonchev–Trinajstić information content (AvgIpc) is 2.78. The smallest absolute Gasteiger partial charge is 0.227 e. The minimum absolute atomic E-state index is 0.0838. The maximum Gasteiger partial charge on any atom is 0.227 e. The number of thioether (sulfide) groups is 1. The first-order valence-electron chi connectivity index (χ1n) is 6.17. The van der Waals surface area contributed by atoms with Crippen molar-refractivity contribution in [3.8, 4) is 0 Å². The lowest BCUT2D eigenvalue weighted by Crippen LogP contribution is -2.29. The highest BCUT2D eigenvalue weighted by Gasteiger charge is 2.27. The number of aryl methyl sites for hydroxylation is 1. The van der Waals surface area contributed by atoms with Crippen molar-refractivity contribution in [2.45, 2.75) is 25.2 Å². The molecule has 1 amide bonds. The summed E-state index contributed by atoms with van der Waals surface area (Å²) in [5.74, 6) is 1.40. The van der Waals surface area contributed by atoms with Gasteiger partial charge in [0.15, 0.2) is 0 Å². The van der Waals surface area contributed by atoms with Gasteiger partial charge in [-0.15, -0.1) is 0 Å². The lowest BCUT2D eigenvalue weighted by molar-refractivity contribution is -0.122. The Labute approximate surface area is 107 Å². The van der Waals surface area contributed by atoms with Gasteiger partial charge in [-0.05, 0) is 42.4 Å². The zero-order valence-electron chi connectivity index (χ0n) is 10.2. The van der Waals surface area contributed by atoms with Crippen LogP contribution in [0, 0.1) is 0 Å². The number of hydrogen-bond donors (Lipinski definition) is 1. The zero-order valence-corrected chi connectivity index (χ0v) is 11.1. The van der Waals surface area contributed by atoms with Crippen LogP contribution in [-0.2, 0) is 11.2 Å². The molecule has 2 rings (SSSR count). The van der Waals surface area contributed by atoms with Crippen molar-refractivity contribution in [3.05, 3.63) is 35.4 Å². The molecule has 0 bridgehead atoms. The molecule has 0 saturated carbocycles. The molecule has 0 saturated heterocycles. The summed E-state index contributed by atoms with van der Waals surface area (Å²) in [6.45, 7) is 0.804. The fourth-order valence-corrected chi connectivity index (χ4v) is 2.81. The Morgan fingerprint density at radius 2 is 2.29 bits per heavy atom. The Kier molecular flexibility index (Phi) is 4.49. The third kappa shape index (κ3) is 3.03. The topological polar surface area (TPSA) is 29.1 Å². The minimum atomic E-state index is 0.0838. The molecule has 0 aliphatic heterocycles. The number of hydrogen-bond acceptors (Lipinski definition) is 2. The van der Waals surface area contributed by atoms with Crippen molar-refractivity contribution < 1.29 is 4.79 Å². The molecule has 0 spiro atoms. The summed E-state index contributed by atoms with van der Waals surface area (Å²) < 4.78 is 0.